The summed E-state index contributed by atoms with van der Waals surface area (Å²) in [6.07, 6.45) is 0. The van der Waals surface area contributed by atoms with E-state index < -0.39 is 7.32 Å². The Labute approximate surface area is 112 Å². The zero-order valence-electron chi connectivity index (χ0n) is 7.92. The first-order chi connectivity index (χ1) is 4.85. The smallest absolute Gasteiger partial charge is 0.386 e. The minimum absolute atomic E-state index is 0. The number of hydrogen-bond donors (Lipinski definition) is 0. The summed E-state index contributed by atoms with van der Waals surface area (Å²) in [6, 6.07) is 0. The minimum Gasteiger partial charge on any atom is -0.386 e. The van der Waals surface area contributed by atoms with Crippen molar-refractivity contribution in [2.45, 2.75) is 20.8 Å². The Morgan fingerprint density at radius 1 is 0.818 bits per heavy atom. The van der Waals surface area contributed by atoms with Crippen LogP contribution in [0.3, 0.4) is 0 Å². The molecule has 0 saturated carbocycles. The molecule has 0 spiro atoms. The van der Waals surface area contributed by atoms with Gasteiger partial charge in [0.05, 0.1) is 0 Å². The third-order valence-corrected chi connectivity index (χ3v) is 0.908. The van der Waals surface area contributed by atoms with E-state index in [9.17, 15) is 0 Å². The van der Waals surface area contributed by atoms with Gasteiger partial charge in [-0.05, 0) is 20.8 Å². The van der Waals surface area contributed by atoms with Gasteiger partial charge in [-0.1, -0.05) is 0 Å². The molecule has 0 atom stereocenters. The van der Waals surface area contributed by atoms with Gasteiger partial charge in [0, 0.05) is 71.2 Å². The summed E-state index contributed by atoms with van der Waals surface area (Å²) < 4.78 is 15.2. The van der Waals surface area contributed by atoms with Crippen LogP contribution in [-0.2, 0) is 14.0 Å². The van der Waals surface area contributed by atoms with Gasteiger partial charge in [0.15, 0.2) is 0 Å². The molecule has 1 radical (unpaired) electrons. The molecule has 61 valence electrons. The van der Waals surface area contributed by atoms with Crippen molar-refractivity contribution in [3.8, 4) is 0 Å². The van der Waals surface area contributed by atoms with Crippen LogP contribution in [0.2, 0.25) is 0 Å². The molecule has 0 fully saturated rings. The zero-order valence-corrected chi connectivity index (χ0v) is 11.0. The van der Waals surface area contributed by atoms with E-state index in [-0.39, 0.29) is 51.4 Å². The van der Waals surface area contributed by atoms with Gasteiger partial charge >= 0.3 is 7.32 Å². The third kappa shape index (κ3) is 9.50. The fraction of sp³-hybridized carbons (Fsp3) is 1.00. The van der Waals surface area contributed by atoms with E-state index >= 15 is 0 Å². The molecule has 0 aliphatic carbocycles. The molecule has 11 heavy (non-hydrogen) atoms. The van der Waals surface area contributed by atoms with Gasteiger partial charge in [-0.15, -0.1) is 0 Å². The molecule has 0 bridgehead atoms. The van der Waals surface area contributed by atoms with Gasteiger partial charge in [-0.25, -0.2) is 0 Å². The van der Waals surface area contributed by atoms with Crippen LogP contribution in [0, 0.1) is 0 Å². The second kappa shape index (κ2) is 11.6. The second-order valence-electron chi connectivity index (χ2n) is 1.65. The van der Waals surface area contributed by atoms with Crippen molar-refractivity contribution in [1.29, 1.82) is 0 Å². The Bertz CT molecular complexity index is 60.6. The molecule has 0 heterocycles. The molecule has 0 saturated heterocycles. The van der Waals surface area contributed by atoms with E-state index in [2.05, 4.69) is 0 Å². The Balaban J connectivity index is 0. The first-order valence-electron chi connectivity index (χ1n) is 3.69. The van der Waals surface area contributed by atoms with E-state index in [0.29, 0.717) is 19.8 Å². The predicted octanol–water partition coefficient (Wildman–Crippen LogP) is 0.700. The van der Waals surface area contributed by atoms with Gasteiger partial charge in [-0.2, -0.15) is 0 Å². The van der Waals surface area contributed by atoms with Crippen LogP contribution in [0.25, 0.3) is 0 Å². The summed E-state index contributed by atoms with van der Waals surface area (Å²) in [7, 11) is -0.472. The van der Waals surface area contributed by atoms with Crippen LogP contribution >= 0.6 is 0 Å². The van der Waals surface area contributed by atoms with Crippen molar-refractivity contribution in [3.05, 3.63) is 0 Å². The maximum absolute atomic E-state index is 5.08. The van der Waals surface area contributed by atoms with Crippen LogP contribution in [0.5, 0.6) is 0 Å². The minimum atomic E-state index is -0.472. The van der Waals surface area contributed by atoms with E-state index in [4.69, 9.17) is 14.0 Å². The first kappa shape index (κ1) is 15.1. The average molecular weight is 185 g/mol. The molecule has 3 nitrogen and oxygen atoms in total. The van der Waals surface area contributed by atoms with Crippen LogP contribution in [0.4, 0.5) is 0 Å². The van der Waals surface area contributed by atoms with Crippen LogP contribution < -0.4 is 0 Å². The second-order valence-corrected chi connectivity index (χ2v) is 1.65. The average Bonchev–Trinajstić information content (AvgIpc) is 1.90. The van der Waals surface area contributed by atoms with Crippen molar-refractivity contribution in [3.63, 3.8) is 0 Å². The maximum atomic E-state index is 5.08. The van der Waals surface area contributed by atoms with Crippen LogP contribution in [0.15, 0.2) is 0 Å². The Kier molecular flexibility index (Phi) is 15.9. The monoisotopic (exact) mass is 185 g/mol. The summed E-state index contributed by atoms with van der Waals surface area (Å²) in [4.78, 5) is 0. The number of hydrogen-bond acceptors (Lipinski definition) is 3. The molecule has 0 rings (SSSR count). The fourth-order valence-corrected chi connectivity index (χ4v) is 0.553. The van der Waals surface area contributed by atoms with E-state index in [1.807, 2.05) is 20.8 Å². The maximum Gasteiger partial charge on any atom is 0.639 e. The molecule has 5 heteroatoms. The third-order valence-electron chi connectivity index (χ3n) is 0.908. The summed E-state index contributed by atoms with van der Waals surface area (Å²) in [5.74, 6) is 0. The summed E-state index contributed by atoms with van der Waals surface area (Å²) in [6.45, 7) is 7.57. The molecular weight excluding hydrogens is 170 g/mol. The van der Waals surface area contributed by atoms with Gasteiger partial charge in [-0.3, -0.25) is 0 Å². The SMILES string of the molecule is CCOB(OCC)OCC.[K]. The molecule has 0 aromatic rings. The van der Waals surface area contributed by atoms with E-state index in [1.165, 1.54) is 0 Å². The van der Waals surface area contributed by atoms with E-state index in [0.717, 1.165) is 0 Å². The Hall–Kier alpha value is 1.58. The Morgan fingerprint density at radius 3 is 1.27 bits per heavy atom. The molecule has 0 N–H and O–H groups in total. The zero-order chi connectivity index (χ0) is 7.82. The van der Waals surface area contributed by atoms with Crippen molar-refractivity contribution in [2.75, 3.05) is 19.8 Å². The first-order valence-corrected chi connectivity index (χ1v) is 3.69. The van der Waals surface area contributed by atoms with Gasteiger partial charge in [0.1, 0.15) is 0 Å². The summed E-state index contributed by atoms with van der Waals surface area (Å²) >= 11 is 0. The van der Waals surface area contributed by atoms with Gasteiger partial charge in [0.2, 0.25) is 0 Å². The molecular formula is C6H15BKO3. The summed E-state index contributed by atoms with van der Waals surface area (Å²) in [5, 5.41) is 0. The van der Waals surface area contributed by atoms with Crippen LogP contribution in [-0.4, -0.2) is 78.5 Å². The normalized spacial score (nSPS) is 9.00. The topological polar surface area (TPSA) is 27.7 Å². The molecule has 0 aromatic heterocycles. The molecule has 0 aromatic carbocycles. The van der Waals surface area contributed by atoms with Crippen molar-refractivity contribution in [1.82, 2.24) is 0 Å². The molecule has 0 aliphatic heterocycles. The molecule has 0 unspecified atom stereocenters. The van der Waals surface area contributed by atoms with Crippen molar-refractivity contribution >= 4 is 58.7 Å². The van der Waals surface area contributed by atoms with Crippen LogP contribution in [0.1, 0.15) is 20.8 Å². The van der Waals surface area contributed by atoms with Crippen molar-refractivity contribution in [2.24, 2.45) is 0 Å². The predicted molar refractivity (Wildman–Crippen MR) is 46.4 cm³/mol. The molecule has 0 aliphatic rings. The van der Waals surface area contributed by atoms with Gasteiger partial charge < -0.3 is 14.0 Å². The largest absolute Gasteiger partial charge is 0.639 e. The van der Waals surface area contributed by atoms with E-state index in [1.54, 1.807) is 0 Å². The Morgan fingerprint density at radius 2 is 1.09 bits per heavy atom. The quantitative estimate of drug-likeness (QED) is 0.570. The fourth-order valence-electron chi connectivity index (χ4n) is 0.553. The summed E-state index contributed by atoms with van der Waals surface area (Å²) in [5.41, 5.74) is 0. The number of rotatable bonds is 6. The van der Waals surface area contributed by atoms with Gasteiger partial charge in [0.25, 0.3) is 0 Å². The molecule has 0 amide bonds. The standard InChI is InChI=1S/C6H15BO3.K/c1-4-8-7(9-5-2)10-6-3;/h4-6H2,1-3H3;. The van der Waals surface area contributed by atoms with Crippen molar-refractivity contribution < 1.29 is 14.0 Å².